The lowest BCUT2D eigenvalue weighted by Crippen LogP contribution is -2.04. The summed E-state index contributed by atoms with van der Waals surface area (Å²) in [6.07, 6.45) is 0.773. The maximum Gasteiger partial charge on any atom is 0.298 e. The standard InChI is InChI=1S/C15H11NO2/c17-10-18-15-8-4-2-6-12(15)14-9-11-5-1-3-7-13(11)16-14/h1-8,10H,9H2. The molecule has 2 aromatic carbocycles. The summed E-state index contributed by atoms with van der Waals surface area (Å²) in [5.74, 6) is 0.555. The highest BCUT2D eigenvalue weighted by Gasteiger charge is 2.18. The summed E-state index contributed by atoms with van der Waals surface area (Å²) in [4.78, 5) is 15.1. The Morgan fingerprint density at radius 2 is 1.83 bits per heavy atom. The molecule has 3 rings (SSSR count). The summed E-state index contributed by atoms with van der Waals surface area (Å²) >= 11 is 0. The van der Waals surface area contributed by atoms with E-state index in [1.54, 1.807) is 6.07 Å². The summed E-state index contributed by atoms with van der Waals surface area (Å²) in [5, 5.41) is 0. The average molecular weight is 237 g/mol. The van der Waals surface area contributed by atoms with Gasteiger partial charge in [-0.1, -0.05) is 30.3 Å². The molecule has 0 saturated carbocycles. The SMILES string of the molecule is O=COc1ccccc1C1=Nc2ccccc2C1. The van der Waals surface area contributed by atoms with E-state index in [0.29, 0.717) is 12.2 Å². The number of benzene rings is 2. The third-order valence-corrected chi connectivity index (χ3v) is 2.98. The molecule has 0 aliphatic carbocycles. The summed E-state index contributed by atoms with van der Waals surface area (Å²) in [6.45, 7) is 0.446. The Morgan fingerprint density at radius 1 is 1.06 bits per heavy atom. The largest absolute Gasteiger partial charge is 0.428 e. The lowest BCUT2D eigenvalue weighted by Gasteiger charge is -2.06. The van der Waals surface area contributed by atoms with Gasteiger partial charge in [-0.05, 0) is 23.8 Å². The van der Waals surface area contributed by atoms with Gasteiger partial charge in [-0.2, -0.15) is 0 Å². The van der Waals surface area contributed by atoms with Crippen LogP contribution >= 0.6 is 0 Å². The lowest BCUT2D eigenvalue weighted by atomic mass is 10.0. The predicted molar refractivity (Wildman–Crippen MR) is 69.5 cm³/mol. The molecule has 0 N–H and O–H groups in total. The zero-order chi connectivity index (χ0) is 12.4. The predicted octanol–water partition coefficient (Wildman–Crippen LogP) is 2.90. The van der Waals surface area contributed by atoms with Crippen LogP contribution in [0.2, 0.25) is 0 Å². The molecule has 0 bridgehead atoms. The molecular weight excluding hydrogens is 226 g/mol. The van der Waals surface area contributed by atoms with Crippen molar-refractivity contribution in [2.75, 3.05) is 0 Å². The van der Waals surface area contributed by atoms with Gasteiger partial charge in [-0.3, -0.25) is 9.79 Å². The number of hydrogen-bond donors (Lipinski definition) is 0. The molecule has 1 aliphatic rings. The fraction of sp³-hybridized carbons (Fsp3) is 0.0667. The van der Waals surface area contributed by atoms with Crippen LogP contribution in [-0.4, -0.2) is 12.2 Å². The molecule has 0 amide bonds. The van der Waals surface area contributed by atoms with Crippen LogP contribution in [0.4, 0.5) is 5.69 Å². The minimum absolute atomic E-state index is 0.446. The first-order valence-electron chi connectivity index (χ1n) is 5.73. The van der Waals surface area contributed by atoms with E-state index >= 15 is 0 Å². The molecular formula is C15H11NO2. The zero-order valence-electron chi connectivity index (χ0n) is 9.67. The van der Waals surface area contributed by atoms with Gasteiger partial charge in [0, 0.05) is 12.0 Å². The number of hydrogen-bond acceptors (Lipinski definition) is 3. The van der Waals surface area contributed by atoms with Crippen molar-refractivity contribution in [1.29, 1.82) is 0 Å². The monoisotopic (exact) mass is 237 g/mol. The molecule has 18 heavy (non-hydrogen) atoms. The van der Waals surface area contributed by atoms with E-state index in [1.807, 2.05) is 36.4 Å². The van der Waals surface area contributed by atoms with Crippen molar-refractivity contribution in [3.05, 3.63) is 59.7 Å². The van der Waals surface area contributed by atoms with E-state index < -0.39 is 0 Å². The second-order valence-corrected chi connectivity index (χ2v) is 4.07. The Bertz CT molecular complexity index is 632. The number of ether oxygens (including phenoxy) is 1. The van der Waals surface area contributed by atoms with Crippen molar-refractivity contribution in [3.63, 3.8) is 0 Å². The van der Waals surface area contributed by atoms with E-state index in [9.17, 15) is 4.79 Å². The Hall–Kier alpha value is -2.42. The fourth-order valence-corrected chi connectivity index (χ4v) is 2.15. The molecule has 0 unspecified atom stereocenters. The second kappa shape index (κ2) is 4.45. The molecule has 0 spiro atoms. The van der Waals surface area contributed by atoms with Crippen LogP contribution < -0.4 is 4.74 Å². The number of nitrogens with zero attached hydrogens (tertiary/aromatic N) is 1. The summed E-state index contributed by atoms with van der Waals surface area (Å²) in [7, 11) is 0. The number of fused-ring (bicyclic) bond motifs is 1. The molecule has 0 radical (unpaired) electrons. The molecule has 3 heteroatoms. The summed E-state index contributed by atoms with van der Waals surface area (Å²) < 4.78 is 4.99. The maximum absolute atomic E-state index is 10.5. The number of carbonyl (C=O) groups is 1. The van der Waals surface area contributed by atoms with E-state index in [1.165, 1.54) is 5.56 Å². The van der Waals surface area contributed by atoms with Gasteiger partial charge in [0.25, 0.3) is 6.47 Å². The smallest absolute Gasteiger partial charge is 0.298 e. The minimum Gasteiger partial charge on any atom is -0.428 e. The van der Waals surface area contributed by atoms with Crippen LogP contribution in [0, 0.1) is 0 Å². The minimum atomic E-state index is 0.446. The Balaban J connectivity index is 2.01. The van der Waals surface area contributed by atoms with Crippen molar-refractivity contribution in [1.82, 2.24) is 0 Å². The van der Waals surface area contributed by atoms with Gasteiger partial charge in [0.2, 0.25) is 0 Å². The highest BCUT2D eigenvalue weighted by molar-refractivity contribution is 6.08. The number of carbonyl (C=O) groups excluding carboxylic acids is 1. The van der Waals surface area contributed by atoms with Crippen LogP contribution in [-0.2, 0) is 11.2 Å². The number of aliphatic imine (C=N–C) groups is 1. The molecule has 0 aromatic heterocycles. The van der Waals surface area contributed by atoms with Gasteiger partial charge in [0.05, 0.1) is 11.4 Å². The van der Waals surface area contributed by atoms with Crippen LogP contribution in [0.5, 0.6) is 5.75 Å². The Morgan fingerprint density at radius 3 is 2.67 bits per heavy atom. The molecule has 0 atom stereocenters. The first-order chi connectivity index (χ1) is 8.88. The fourth-order valence-electron chi connectivity index (χ4n) is 2.15. The van der Waals surface area contributed by atoms with Gasteiger partial charge < -0.3 is 4.74 Å². The van der Waals surface area contributed by atoms with Crippen LogP contribution in [0.3, 0.4) is 0 Å². The normalized spacial score (nSPS) is 12.8. The number of para-hydroxylation sites is 2. The Labute approximate surface area is 105 Å². The highest BCUT2D eigenvalue weighted by Crippen LogP contribution is 2.31. The number of rotatable bonds is 3. The summed E-state index contributed by atoms with van der Waals surface area (Å²) in [6, 6.07) is 15.5. The first kappa shape index (κ1) is 10.7. The molecule has 3 nitrogen and oxygen atoms in total. The van der Waals surface area contributed by atoms with Gasteiger partial charge in [-0.25, -0.2) is 0 Å². The molecule has 1 aliphatic heterocycles. The molecule has 0 fully saturated rings. The van der Waals surface area contributed by atoms with E-state index in [0.717, 1.165) is 23.4 Å². The third kappa shape index (κ3) is 1.80. The van der Waals surface area contributed by atoms with Gasteiger partial charge >= 0.3 is 0 Å². The summed E-state index contributed by atoms with van der Waals surface area (Å²) in [5.41, 5.74) is 4.01. The molecule has 88 valence electrons. The maximum atomic E-state index is 10.5. The van der Waals surface area contributed by atoms with Gasteiger partial charge in [0.15, 0.2) is 0 Å². The topological polar surface area (TPSA) is 38.7 Å². The van der Waals surface area contributed by atoms with Crippen molar-refractivity contribution < 1.29 is 9.53 Å². The Kier molecular flexibility index (Phi) is 2.65. The van der Waals surface area contributed by atoms with Crippen LogP contribution in [0.1, 0.15) is 11.1 Å². The molecule has 2 aromatic rings. The van der Waals surface area contributed by atoms with Crippen molar-refractivity contribution in [2.45, 2.75) is 6.42 Å². The van der Waals surface area contributed by atoms with Gasteiger partial charge in [-0.15, -0.1) is 0 Å². The van der Waals surface area contributed by atoms with E-state index in [4.69, 9.17) is 4.74 Å². The van der Waals surface area contributed by atoms with E-state index in [2.05, 4.69) is 11.1 Å². The van der Waals surface area contributed by atoms with Crippen molar-refractivity contribution in [3.8, 4) is 5.75 Å². The first-order valence-corrected chi connectivity index (χ1v) is 5.73. The van der Waals surface area contributed by atoms with Gasteiger partial charge in [0.1, 0.15) is 5.75 Å². The second-order valence-electron chi connectivity index (χ2n) is 4.07. The van der Waals surface area contributed by atoms with Crippen LogP contribution in [0.25, 0.3) is 0 Å². The van der Waals surface area contributed by atoms with E-state index in [-0.39, 0.29) is 0 Å². The highest BCUT2D eigenvalue weighted by atomic mass is 16.5. The van der Waals surface area contributed by atoms with Crippen LogP contribution in [0.15, 0.2) is 53.5 Å². The van der Waals surface area contributed by atoms with Crippen molar-refractivity contribution >= 4 is 17.9 Å². The molecule has 0 saturated heterocycles. The zero-order valence-corrected chi connectivity index (χ0v) is 9.67. The van der Waals surface area contributed by atoms with Crippen molar-refractivity contribution in [2.24, 2.45) is 4.99 Å². The third-order valence-electron chi connectivity index (χ3n) is 2.98. The average Bonchev–Trinajstić information content (AvgIpc) is 2.83. The molecule has 1 heterocycles. The quantitative estimate of drug-likeness (QED) is 0.770. The lowest BCUT2D eigenvalue weighted by molar-refractivity contribution is -0.120.